The first-order valence-corrected chi connectivity index (χ1v) is 13.6. The molecular formula is C19H24F3N7O4S2. The van der Waals surface area contributed by atoms with Crippen LogP contribution in [0.4, 0.5) is 40.7 Å². The molecule has 0 spiro atoms. The van der Waals surface area contributed by atoms with Crippen molar-refractivity contribution in [3.63, 3.8) is 0 Å². The van der Waals surface area contributed by atoms with E-state index in [4.69, 9.17) is 4.74 Å². The predicted molar refractivity (Wildman–Crippen MR) is 124 cm³/mol. The zero-order valence-electron chi connectivity index (χ0n) is 18.5. The number of alkyl halides is 3. The second-order valence-electron chi connectivity index (χ2n) is 7.97. The van der Waals surface area contributed by atoms with Crippen molar-refractivity contribution in [1.82, 2.24) is 19.9 Å². The molecule has 0 atom stereocenters. The molecule has 0 unspecified atom stereocenters. The highest BCUT2D eigenvalue weighted by molar-refractivity contribution is 7.91. The maximum Gasteiger partial charge on any atom is 0.421 e. The topological polar surface area (TPSA) is 130 Å². The maximum atomic E-state index is 13.5. The Morgan fingerprint density at radius 3 is 2.66 bits per heavy atom. The fourth-order valence-electron chi connectivity index (χ4n) is 3.55. The number of cyclic esters (lactones) is 1. The van der Waals surface area contributed by atoms with Crippen LogP contribution in [0.3, 0.4) is 0 Å². The van der Waals surface area contributed by atoms with E-state index in [9.17, 15) is 26.4 Å². The smallest absolute Gasteiger partial charge is 0.421 e. The van der Waals surface area contributed by atoms with Crippen LogP contribution in [0, 0.1) is 0 Å². The summed E-state index contributed by atoms with van der Waals surface area (Å²) in [4.78, 5) is 27.2. The Bertz CT molecular complexity index is 1150. The molecule has 0 saturated carbocycles. The van der Waals surface area contributed by atoms with Crippen LogP contribution in [0.5, 0.6) is 0 Å². The summed E-state index contributed by atoms with van der Waals surface area (Å²) in [5, 5.41) is 7.75. The Balaban J connectivity index is 1.39. The lowest BCUT2D eigenvalue weighted by Gasteiger charge is -2.26. The lowest BCUT2D eigenvalue weighted by molar-refractivity contribution is -0.137. The van der Waals surface area contributed by atoms with Crippen LogP contribution < -0.4 is 15.5 Å². The second kappa shape index (κ2) is 10.4. The number of ether oxygens (including phenoxy) is 1. The molecule has 2 aromatic rings. The Labute approximate surface area is 203 Å². The number of hydrogen-bond donors (Lipinski definition) is 2. The van der Waals surface area contributed by atoms with Crippen LogP contribution in [0.1, 0.15) is 18.4 Å². The minimum atomic E-state index is -4.65. The summed E-state index contributed by atoms with van der Waals surface area (Å²) in [5.41, 5.74) is -1.01. The molecule has 2 N–H and O–H groups in total. The highest BCUT2D eigenvalue weighted by atomic mass is 32.2. The van der Waals surface area contributed by atoms with Gasteiger partial charge in [0.1, 0.15) is 17.2 Å². The molecule has 35 heavy (non-hydrogen) atoms. The molecular weight excluding hydrogens is 511 g/mol. The molecule has 2 aromatic heterocycles. The molecule has 192 valence electrons. The monoisotopic (exact) mass is 535 g/mol. The van der Waals surface area contributed by atoms with Crippen molar-refractivity contribution in [1.29, 1.82) is 0 Å². The zero-order chi connectivity index (χ0) is 25.1. The standard InChI is InChI=1S/C19H24F3N7O4S2/c20-19(21,22)13-11-24-16(27-15(13)23-3-1-4-29-5-2-8-33-18(29)30)25-14-12-34-17(26-14)28-6-9-35(31,32)10-7-28/h11-12H,1-10H2,(H2,23,24,25,27). The van der Waals surface area contributed by atoms with Crippen LogP contribution in [0.2, 0.25) is 0 Å². The minimum Gasteiger partial charge on any atom is -0.449 e. The molecule has 0 aliphatic carbocycles. The van der Waals surface area contributed by atoms with Gasteiger partial charge < -0.3 is 25.2 Å². The van der Waals surface area contributed by atoms with Crippen molar-refractivity contribution < 1.29 is 31.1 Å². The van der Waals surface area contributed by atoms with E-state index in [0.717, 1.165) is 0 Å². The van der Waals surface area contributed by atoms with Crippen molar-refractivity contribution in [3.8, 4) is 0 Å². The number of sulfone groups is 1. The van der Waals surface area contributed by atoms with Crippen LogP contribution in [0.25, 0.3) is 0 Å². The number of rotatable bonds is 8. The van der Waals surface area contributed by atoms with Gasteiger partial charge in [0.25, 0.3) is 0 Å². The van der Waals surface area contributed by atoms with Crippen LogP contribution in [0.15, 0.2) is 11.6 Å². The van der Waals surface area contributed by atoms with E-state index in [2.05, 4.69) is 25.6 Å². The molecule has 0 aromatic carbocycles. The van der Waals surface area contributed by atoms with Crippen molar-refractivity contribution in [2.75, 3.05) is 66.4 Å². The van der Waals surface area contributed by atoms with E-state index < -0.39 is 27.7 Å². The van der Waals surface area contributed by atoms with Crippen molar-refractivity contribution in [3.05, 3.63) is 17.1 Å². The quantitative estimate of drug-likeness (QED) is 0.487. The van der Waals surface area contributed by atoms with Gasteiger partial charge in [-0.2, -0.15) is 18.2 Å². The number of thiazole rings is 1. The summed E-state index contributed by atoms with van der Waals surface area (Å²) in [6.45, 7) is 2.09. The highest BCUT2D eigenvalue weighted by Crippen LogP contribution is 2.34. The van der Waals surface area contributed by atoms with Gasteiger partial charge in [-0.15, -0.1) is 11.3 Å². The SMILES string of the molecule is O=C1OCCCN1CCCNc1nc(Nc2csc(N3CCS(=O)(=O)CC3)n2)ncc1C(F)(F)F. The minimum absolute atomic E-state index is 0.0470. The van der Waals surface area contributed by atoms with Gasteiger partial charge in [0.05, 0.1) is 18.1 Å². The average Bonchev–Trinajstić information content (AvgIpc) is 3.25. The Morgan fingerprint density at radius 2 is 1.94 bits per heavy atom. The second-order valence-corrected chi connectivity index (χ2v) is 11.1. The van der Waals surface area contributed by atoms with E-state index in [1.165, 1.54) is 16.2 Å². The zero-order valence-corrected chi connectivity index (χ0v) is 20.2. The number of halogens is 3. The first-order valence-electron chi connectivity index (χ1n) is 10.9. The Kier molecular flexibility index (Phi) is 7.49. The largest absolute Gasteiger partial charge is 0.449 e. The summed E-state index contributed by atoms with van der Waals surface area (Å²) >= 11 is 1.28. The van der Waals surface area contributed by atoms with Crippen LogP contribution in [-0.2, 0) is 20.8 Å². The molecule has 2 aliphatic heterocycles. The van der Waals surface area contributed by atoms with Gasteiger partial charge in [0.2, 0.25) is 5.95 Å². The fourth-order valence-corrected chi connectivity index (χ4v) is 5.56. The molecule has 11 nitrogen and oxygen atoms in total. The molecule has 4 heterocycles. The number of nitrogens with one attached hydrogen (secondary N) is 2. The first kappa shape index (κ1) is 25.2. The number of hydrogen-bond acceptors (Lipinski definition) is 11. The summed E-state index contributed by atoms with van der Waals surface area (Å²) in [5.74, 6) is -0.0183. The van der Waals surface area contributed by atoms with Gasteiger partial charge >= 0.3 is 12.3 Å². The number of carbonyl (C=O) groups is 1. The lowest BCUT2D eigenvalue weighted by atomic mass is 10.3. The Morgan fingerprint density at radius 1 is 1.17 bits per heavy atom. The third-order valence-electron chi connectivity index (χ3n) is 5.39. The van der Waals surface area contributed by atoms with Crippen molar-refractivity contribution >= 4 is 50.0 Å². The third-order valence-corrected chi connectivity index (χ3v) is 7.90. The van der Waals surface area contributed by atoms with Crippen LogP contribution >= 0.6 is 11.3 Å². The molecule has 0 bridgehead atoms. The normalized spacial score (nSPS) is 18.3. The van der Waals surface area contributed by atoms with E-state index in [1.54, 1.807) is 5.38 Å². The number of carbonyl (C=O) groups excluding carboxylic acids is 1. The molecule has 2 saturated heterocycles. The highest BCUT2D eigenvalue weighted by Gasteiger charge is 2.35. The molecule has 4 rings (SSSR count). The van der Waals surface area contributed by atoms with E-state index >= 15 is 0 Å². The summed E-state index contributed by atoms with van der Waals surface area (Å²) in [6, 6.07) is 0. The van der Waals surface area contributed by atoms with Gasteiger partial charge in [-0.3, -0.25) is 0 Å². The van der Waals surface area contributed by atoms with Gasteiger partial charge in [-0.1, -0.05) is 0 Å². The average molecular weight is 536 g/mol. The number of amides is 1. The summed E-state index contributed by atoms with van der Waals surface area (Å²) < 4.78 is 68.5. The van der Waals surface area contributed by atoms with E-state index in [1.807, 2.05) is 4.90 Å². The molecule has 0 radical (unpaired) electrons. The Hall–Kier alpha value is -2.88. The molecule has 1 amide bonds. The maximum absolute atomic E-state index is 13.5. The number of nitrogens with zero attached hydrogens (tertiary/aromatic N) is 5. The van der Waals surface area contributed by atoms with Gasteiger partial charge in [-0.25, -0.2) is 23.2 Å². The van der Waals surface area contributed by atoms with E-state index in [0.29, 0.717) is 62.8 Å². The molecule has 2 aliphatic rings. The van der Waals surface area contributed by atoms with Crippen LogP contribution in [-0.4, -0.2) is 85.2 Å². The summed E-state index contributed by atoms with van der Waals surface area (Å²) in [6.07, 6.45) is -3.26. The number of aromatic nitrogens is 3. The fraction of sp³-hybridized carbons (Fsp3) is 0.579. The van der Waals surface area contributed by atoms with Gasteiger partial charge in [-0.05, 0) is 12.8 Å². The molecule has 2 fully saturated rings. The van der Waals surface area contributed by atoms with Crippen molar-refractivity contribution in [2.24, 2.45) is 0 Å². The summed E-state index contributed by atoms with van der Waals surface area (Å²) in [7, 11) is -3.03. The van der Waals surface area contributed by atoms with Gasteiger partial charge in [0, 0.05) is 44.3 Å². The van der Waals surface area contributed by atoms with Crippen molar-refractivity contribution in [2.45, 2.75) is 19.0 Å². The number of anilines is 4. The third kappa shape index (κ3) is 6.62. The first-order chi connectivity index (χ1) is 16.6. The lowest BCUT2D eigenvalue weighted by Crippen LogP contribution is -2.40. The van der Waals surface area contributed by atoms with E-state index in [-0.39, 0.29) is 29.8 Å². The van der Waals surface area contributed by atoms with Gasteiger partial charge in [0.15, 0.2) is 15.0 Å². The molecule has 16 heteroatoms. The predicted octanol–water partition coefficient (Wildman–Crippen LogP) is 2.57.